The Morgan fingerprint density at radius 1 is 1.23 bits per heavy atom. The Morgan fingerprint density at radius 2 is 2.03 bits per heavy atom. The van der Waals surface area contributed by atoms with E-state index < -0.39 is 17.4 Å². The van der Waals surface area contributed by atoms with Crippen molar-refractivity contribution < 1.29 is 18.7 Å². The zero-order valence-corrected chi connectivity index (χ0v) is 17.9. The molecule has 0 aromatic carbocycles. The van der Waals surface area contributed by atoms with Gasteiger partial charge in [0.15, 0.2) is 0 Å². The van der Waals surface area contributed by atoms with Gasteiger partial charge >= 0.3 is 0 Å². The summed E-state index contributed by atoms with van der Waals surface area (Å²) in [5.74, 6) is 0.728. The number of fused-ring (bicyclic) bond motifs is 1. The molecule has 0 unspecified atom stereocenters. The summed E-state index contributed by atoms with van der Waals surface area (Å²) in [7, 11) is 1.77. The minimum atomic E-state index is -0.633. The Hall–Kier alpha value is -2.12. The average Bonchev–Trinajstić information content (AvgIpc) is 3.48. The number of hydrogen-bond acceptors (Lipinski definition) is 5. The SMILES string of the molecule is Cc1ccc(CN(C)C(=O)[C@H]2[C@@H]3C=C[C@@]4(CN(CCN5CCCCC5)C(=O)[C@H]24)O3)o1. The van der Waals surface area contributed by atoms with Gasteiger partial charge in [0.05, 0.1) is 31.0 Å². The first-order valence-electron chi connectivity index (χ1n) is 11.2. The van der Waals surface area contributed by atoms with Crippen LogP contribution >= 0.6 is 0 Å². The lowest BCUT2D eigenvalue weighted by molar-refractivity contribution is -0.142. The summed E-state index contributed by atoms with van der Waals surface area (Å²) in [6.45, 7) is 6.69. The highest BCUT2D eigenvalue weighted by molar-refractivity contribution is 5.93. The van der Waals surface area contributed by atoms with Crippen molar-refractivity contribution in [3.05, 3.63) is 35.8 Å². The van der Waals surface area contributed by atoms with E-state index in [1.807, 2.05) is 36.1 Å². The van der Waals surface area contributed by atoms with Crippen LogP contribution in [0.1, 0.15) is 30.8 Å². The van der Waals surface area contributed by atoms with Crippen LogP contribution in [0.4, 0.5) is 0 Å². The van der Waals surface area contributed by atoms with Gasteiger partial charge in [-0.2, -0.15) is 0 Å². The average molecular weight is 414 g/mol. The first-order valence-corrected chi connectivity index (χ1v) is 11.2. The quantitative estimate of drug-likeness (QED) is 0.666. The number of amides is 2. The van der Waals surface area contributed by atoms with Crippen LogP contribution < -0.4 is 0 Å². The fourth-order valence-corrected chi connectivity index (χ4v) is 5.63. The molecule has 1 aromatic heterocycles. The second kappa shape index (κ2) is 7.54. The molecule has 30 heavy (non-hydrogen) atoms. The van der Waals surface area contributed by atoms with Gasteiger partial charge in [0, 0.05) is 20.1 Å². The molecule has 3 fully saturated rings. The number of furan rings is 1. The van der Waals surface area contributed by atoms with Gasteiger partial charge in [-0.1, -0.05) is 18.6 Å². The number of aryl methyl sites for hydroxylation is 1. The van der Waals surface area contributed by atoms with Crippen LogP contribution in [-0.2, 0) is 20.9 Å². The fourth-order valence-electron chi connectivity index (χ4n) is 5.63. The predicted octanol–water partition coefficient (Wildman–Crippen LogP) is 1.81. The summed E-state index contributed by atoms with van der Waals surface area (Å²) in [5.41, 5.74) is -0.633. The van der Waals surface area contributed by atoms with E-state index in [-0.39, 0.29) is 17.9 Å². The molecular weight excluding hydrogens is 382 g/mol. The van der Waals surface area contributed by atoms with Gasteiger partial charge in [0.1, 0.15) is 17.1 Å². The van der Waals surface area contributed by atoms with Gasteiger partial charge in [0.25, 0.3) is 0 Å². The third-order valence-electron chi connectivity index (χ3n) is 7.16. The monoisotopic (exact) mass is 413 g/mol. The molecule has 1 spiro atoms. The van der Waals surface area contributed by atoms with Crippen molar-refractivity contribution in [1.82, 2.24) is 14.7 Å². The van der Waals surface area contributed by atoms with Crippen LogP contribution in [0.5, 0.6) is 0 Å². The Kier molecular flexibility index (Phi) is 4.98. The van der Waals surface area contributed by atoms with Crippen LogP contribution in [-0.4, -0.2) is 78.0 Å². The van der Waals surface area contributed by atoms with Crippen LogP contribution in [0, 0.1) is 18.8 Å². The Balaban J connectivity index is 1.27. The van der Waals surface area contributed by atoms with Gasteiger partial charge in [0.2, 0.25) is 11.8 Å². The van der Waals surface area contributed by atoms with Crippen molar-refractivity contribution in [2.45, 2.75) is 44.4 Å². The Bertz CT molecular complexity index is 858. The lowest BCUT2D eigenvalue weighted by Crippen LogP contribution is -2.45. The number of nitrogens with zero attached hydrogens (tertiary/aromatic N) is 3. The van der Waals surface area contributed by atoms with Crippen molar-refractivity contribution in [2.24, 2.45) is 11.8 Å². The largest absolute Gasteiger partial charge is 0.464 e. The summed E-state index contributed by atoms with van der Waals surface area (Å²) in [5, 5.41) is 0. The van der Waals surface area contributed by atoms with Gasteiger partial charge in [-0.15, -0.1) is 0 Å². The summed E-state index contributed by atoms with van der Waals surface area (Å²) in [6.07, 6.45) is 7.49. The number of piperidine rings is 1. The summed E-state index contributed by atoms with van der Waals surface area (Å²) < 4.78 is 11.9. The zero-order chi connectivity index (χ0) is 20.9. The second-order valence-corrected chi connectivity index (χ2v) is 9.27. The molecule has 0 N–H and O–H groups in total. The Labute approximate surface area is 177 Å². The highest BCUT2D eigenvalue weighted by atomic mass is 16.5. The minimum absolute atomic E-state index is 0.0449. The lowest BCUT2D eigenvalue weighted by atomic mass is 9.76. The van der Waals surface area contributed by atoms with Gasteiger partial charge in [-0.05, 0) is 45.0 Å². The maximum absolute atomic E-state index is 13.3. The standard InChI is InChI=1S/C23H31N3O4/c1-16-6-7-17(29-16)14-24(2)21(27)19-18-8-9-23(30-18)15-26(22(28)20(19)23)13-12-25-10-4-3-5-11-25/h6-9,18-20H,3-5,10-15H2,1-2H3/t18-,19-,20-,23-/m0/s1. The highest BCUT2D eigenvalue weighted by Crippen LogP contribution is 2.52. The first kappa shape index (κ1) is 19.8. The molecular formula is C23H31N3O4. The normalized spacial score (nSPS) is 32.8. The van der Waals surface area contributed by atoms with Gasteiger partial charge in [-0.3, -0.25) is 9.59 Å². The van der Waals surface area contributed by atoms with Crippen LogP contribution in [0.2, 0.25) is 0 Å². The number of ether oxygens (including phenoxy) is 1. The maximum atomic E-state index is 13.3. The van der Waals surface area contributed by atoms with Crippen molar-refractivity contribution in [3.8, 4) is 0 Å². The molecule has 162 valence electrons. The molecule has 5 heterocycles. The Morgan fingerprint density at radius 3 is 2.77 bits per heavy atom. The van der Waals surface area contributed by atoms with Crippen molar-refractivity contribution >= 4 is 11.8 Å². The van der Waals surface area contributed by atoms with Crippen molar-refractivity contribution in [1.29, 1.82) is 0 Å². The van der Waals surface area contributed by atoms with Crippen LogP contribution in [0.25, 0.3) is 0 Å². The first-order chi connectivity index (χ1) is 14.5. The number of carbonyl (C=O) groups excluding carboxylic acids is 2. The topological polar surface area (TPSA) is 66.2 Å². The van der Waals surface area contributed by atoms with E-state index in [0.29, 0.717) is 19.6 Å². The molecule has 7 heteroatoms. The molecule has 4 atom stereocenters. The zero-order valence-electron chi connectivity index (χ0n) is 17.9. The molecule has 0 radical (unpaired) electrons. The summed E-state index contributed by atoms with van der Waals surface area (Å²) >= 11 is 0. The van der Waals surface area contributed by atoms with Crippen LogP contribution in [0.15, 0.2) is 28.7 Å². The van der Waals surface area contributed by atoms with Crippen molar-refractivity contribution in [3.63, 3.8) is 0 Å². The number of carbonyl (C=O) groups is 2. The van der Waals surface area contributed by atoms with E-state index in [9.17, 15) is 9.59 Å². The summed E-state index contributed by atoms with van der Waals surface area (Å²) in [6, 6.07) is 3.79. The molecule has 3 saturated heterocycles. The van der Waals surface area contributed by atoms with Crippen LogP contribution in [0.3, 0.4) is 0 Å². The molecule has 2 amide bonds. The maximum Gasteiger partial charge on any atom is 0.230 e. The van der Waals surface area contributed by atoms with E-state index in [1.54, 1.807) is 11.9 Å². The third kappa shape index (κ3) is 3.28. The molecule has 2 bridgehead atoms. The van der Waals surface area contributed by atoms with E-state index in [2.05, 4.69) is 4.90 Å². The van der Waals surface area contributed by atoms with Gasteiger partial charge in [-0.25, -0.2) is 0 Å². The van der Waals surface area contributed by atoms with E-state index in [1.165, 1.54) is 19.3 Å². The number of hydrogen-bond donors (Lipinski definition) is 0. The van der Waals surface area contributed by atoms with E-state index >= 15 is 0 Å². The number of likely N-dealkylation sites (tertiary alicyclic amines) is 2. The summed E-state index contributed by atoms with van der Waals surface area (Å²) in [4.78, 5) is 32.7. The van der Waals surface area contributed by atoms with E-state index in [0.717, 1.165) is 31.2 Å². The van der Waals surface area contributed by atoms with Crippen molar-refractivity contribution in [2.75, 3.05) is 39.8 Å². The number of rotatable bonds is 6. The third-order valence-corrected chi connectivity index (χ3v) is 7.16. The highest BCUT2D eigenvalue weighted by Gasteiger charge is 2.67. The lowest BCUT2D eigenvalue weighted by Gasteiger charge is -2.29. The molecule has 0 aliphatic carbocycles. The molecule has 5 rings (SSSR count). The second-order valence-electron chi connectivity index (χ2n) is 9.27. The fraction of sp³-hybridized carbons (Fsp3) is 0.652. The molecule has 4 aliphatic rings. The smallest absolute Gasteiger partial charge is 0.230 e. The molecule has 1 aromatic rings. The molecule has 0 saturated carbocycles. The van der Waals surface area contributed by atoms with Gasteiger partial charge < -0.3 is 23.9 Å². The minimum Gasteiger partial charge on any atom is -0.464 e. The molecule has 7 nitrogen and oxygen atoms in total. The predicted molar refractivity (Wildman–Crippen MR) is 111 cm³/mol. The molecule has 4 aliphatic heterocycles. The van der Waals surface area contributed by atoms with E-state index in [4.69, 9.17) is 9.15 Å².